The fourth-order valence-corrected chi connectivity index (χ4v) is 2.38. The van der Waals surface area contributed by atoms with Crippen molar-refractivity contribution in [1.82, 2.24) is 5.32 Å². The predicted molar refractivity (Wildman–Crippen MR) is 84.2 cm³/mol. The number of ether oxygens (including phenoxy) is 1. The summed E-state index contributed by atoms with van der Waals surface area (Å²) < 4.78 is 5.29. The van der Waals surface area contributed by atoms with Gasteiger partial charge in [-0.05, 0) is 43.0 Å². The van der Waals surface area contributed by atoms with E-state index in [1.807, 2.05) is 6.07 Å². The molecule has 2 aromatic rings. The van der Waals surface area contributed by atoms with E-state index in [0.717, 1.165) is 18.7 Å². The Bertz CT molecular complexity index is 536. The molecule has 0 spiro atoms. The van der Waals surface area contributed by atoms with Crippen LogP contribution in [0.2, 0.25) is 0 Å². The van der Waals surface area contributed by atoms with Gasteiger partial charge in [-0.15, -0.1) is 0 Å². The number of rotatable bonds is 6. The molecule has 106 valence electrons. The van der Waals surface area contributed by atoms with Crippen molar-refractivity contribution < 1.29 is 4.74 Å². The minimum absolute atomic E-state index is 0.447. The van der Waals surface area contributed by atoms with Crippen molar-refractivity contribution in [2.75, 3.05) is 7.11 Å². The van der Waals surface area contributed by atoms with Crippen molar-refractivity contribution in [2.45, 2.75) is 32.9 Å². The predicted octanol–water partition coefficient (Wildman–Crippen LogP) is 3.72. The first-order chi connectivity index (χ1) is 9.69. The third-order valence-corrected chi connectivity index (χ3v) is 3.50. The van der Waals surface area contributed by atoms with Crippen LogP contribution in [-0.2, 0) is 13.0 Å². The molecule has 0 aromatic heterocycles. The van der Waals surface area contributed by atoms with E-state index in [-0.39, 0.29) is 0 Å². The topological polar surface area (TPSA) is 21.3 Å². The largest absolute Gasteiger partial charge is 0.496 e. The van der Waals surface area contributed by atoms with Crippen LogP contribution in [0, 0.1) is 6.92 Å². The lowest BCUT2D eigenvalue weighted by Gasteiger charge is -2.15. The van der Waals surface area contributed by atoms with Crippen LogP contribution >= 0.6 is 0 Å². The molecule has 1 N–H and O–H groups in total. The van der Waals surface area contributed by atoms with Gasteiger partial charge in [-0.25, -0.2) is 0 Å². The lowest BCUT2D eigenvalue weighted by Crippen LogP contribution is -2.27. The standard InChI is InChI=1S/C18H23NO/c1-14-11-17(9-10-18(14)20-3)12-15(2)19-13-16-7-5-4-6-8-16/h4-11,15,19H,12-13H2,1-3H3. The van der Waals surface area contributed by atoms with Gasteiger partial charge in [0, 0.05) is 12.6 Å². The molecule has 0 fully saturated rings. The molecule has 0 aliphatic heterocycles. The number of nitrogens with one attached hydrogen (secondary N) is 1. The van der Waals surface area contributed by atoms with Gasteiger partial charge in [0.1, 0.15) is 5.75 Å². The van der Waals surface area contributed by atoms with Crippen LogP contribution in [0.1, 0.15) is 23.6 Å². The number of hydrogen-bond donors (Lipinski definition) is 1. The van der Waals surface area contributed by atoms with Crippen LogP contribution in [-0.4, -0.2) is 13.2 Å². The van der Waals surface area contributed by atoms with Gasteiger partial charge in [-0.1, -0.05) is 42.5 Å². The van der Waals surface area contributed by atoms with E-state index in [2.05, 4.69) is 61.6 Å². The highest BCUT2D eigenvalue weighted by molar-refractivity contribution is 5.36. The van der Waals surface area contributed by atoms with E-state index in [1.54, 1.807) is 7.11 Å². The van der Waals surface area contributed by atoms with Gasteiger partial charge in [0.2, 0.25) is 0 Å². The van der Waals surface area contributed by atoms with Crippen LogP contribution in [0.4, 0.5) is 0 Å². The summed E-state index contributed by atoms with van der Waals surface area (Å²) in [6, 6.07) is 17.4. The van der Waals surface area contributed by atoms with Gasteiger partial charge in [0.05, 0.1) is 7.11 Å². The average molecular weight is 269 g/mol. The van der Waals surface area contributed by atoms with Gasteiger partial charge >= 0.3 is 0 Å². The fourth-order valence-electron chi connectivity index (χ4n) is 2.38. The van der Waals surface area contributed by atoms with Crippen LogP contribution in [0.25, 0.3) is 0 Å². The maximum Gasteiger partial charge on any atom is 0.121 e. The Morgan fingerprint density at radius 3 is 2.45 bits per heavy atom. The molecule has 2 rings (SSSR count). The summed E-state index contributed by atoms with van der Waals surface area (Å²) in [7, 11) is 1.71. The first-order valence-electron chi connectivity index (χ1n) is 7.10. The SMILES string of the molecule is COc1ccc(CC(C)NCc2ccccc2)cc1C. The lowest BCUT2D eigenvalue weighted by atomic mass is 10.0. The second-order valence-electron chi connectivity index (χ2n) is 5.28. The normalized spacial score (nSPS) is 12.2. The number of aryl methyl sites for hydroxylation is 1. The van der Waals surface area contributed by atoms with Crippen molar-refractivity contribution in [1.29, 1.82) is 0 Å². The van der Waals surface area contributed by atoms with Crippen molar-refractivity contribution in [3.63, 3.8) is 0 Å². The molecule has 2 heteroatoms. The Kier molecular flexibility index (Phi) is 5.19. The van der Waals surface area contributed by atoms with Crippen molar-refractivity contribution in [2.24, 2.45) is 0 Å². The first kappa shape index (κ1) is 14.6. The zero-order valence-electron chi connectivity index (χ0n) is 12.5. The summed E-state index contributed by atoms with van der Waals surface area (Å²) in [5, 5.41) is 3.56. The van der Waals surface area contributed by atoms with Gasteiger partial charge in [0.15, 0.2) is 0 Å². The zero-order chi connectivity index (χ0) is 14.4. The molecule has 0 aliphatic rings. The third kappa shape index (κ3) is 4.10. The molecule has 0 saturated carbocycles. The number of benzene rings is 2. The van der Waals surface area contributed by atoms with Crippen molar-refractivity contribution >= 4 is 0 Å². The van der Waals surface area contributed by atoms with Gasteiger partial charge in [0.25, 0.3) is 0 Å². The lowest BCUT2D eigenvalue weighted by molar-refractivity contribution is 0.411. The highest BCUT2D eigenvalue weighted by atomic mass is 16.5. The quantitative estimate of drug-likeness (QED) is 0.863. The Morgan fingerprint density at radius 1 is 1.05 bits per heavy atom. The second-order valence-corrected chi connectivity index (χ2v) is 5.28. The van der Waals surface area contributed by atoms with Gasteiger partial charge in [-0.2, -0.15) is 0 Å². The number of methoxy groups -OCH3 is 1. The molecule has 0 heterocycles. The van der Waals surface area contributed by atoms with E-state index in [9.17, 15) is 0 Å². The molecule has 0 amide bonds. The number of hydrogen-bond acceptors (Lipinski definition) is 2. The Labute approximate surface area is 121 Å². The van der Waals surface area contributed by atoms with Crippen LogP contribution < -0.4 is 10.1 Å². The van der Waals surface area contributed by atoms with Crippen LogP contribution in [0.5, 0.6) is 5.75 Å². The molecule has 0 radical (unpaired) electrons. The van der Waals surface area contributed by atoms with Gasteiger partial charge in [-0.3, -0.25) is 0 Å². The molecule has 1 unspecified atom stereocenters. The van der Waals surface area contributed by atoms with E-state index in [0.29, 0.717) is 6.04 Å². The third-order valence-electron chi connectivity index (χ3n) is 3.50. The van der Waals surface area contributed by atoms with Crippen LogP contribution in [0.3, 0.4) is 0 Å². The van der Waals surface area contributed by atoms with Crippen molar-refractivity contribution in [3.8, 4) is 5.75 Å². The minimum Gasteiger partial charge on any atom is -0.496 e. The van der Waals surface area contributed by atoms with E-state index in [4.69, 9.17) is 4.74 Å². The average Bonchev–Trinajstić information content (AvgIpc) is 2.46. The summed E-state index contributed by atoms with van der Waals surface area (Å²) in [6.45, 7) is 5.23. The summed E-state index contributed by atoms with van der Waals surface area (Å²) in [5.74, 6) is 0.957. The molecule has 0 aliphatic carbocycles. The smallest absolute Gasteiger partial charge is 0.121 e. The summed E-state index contributed by atoms with van der Waals surface area (Å²) in [6.07, 6.45) is 1.03. The molecule has 20 heavy (non-hydrogen) atoms. The Hall–Kier alpha value is -1.80. The molecule has 1 atom stereocenters. The molecule has 0 saturated heterocycles. The monoisotopic (exact) mass is 269 g/mol. The highest BCUT2D eigenvalue weighted by Gasteiger charge is 2.05. The summed E-state index contributed by atoms with van der Waals surface area (Å²) >= 11 is 0. The molecule has 2 aromatic carbocycles. The maximum absolute atomic E-state index is 5.29. The molecular weight excluding hydrogens is 246 g/mol. The first-order valence-corrected chi connectivity index (χ1v) is 7.10. The van der Waals surface area contributed by atoms with Crippen LogP contribution in [0.15, 0.2) is 48.5 Å². The van der Waals surface area contributed by atoms with Crippen molar-refractivity contribution in [3.05, 3.63) is 65.2 Å². The minimum atomic E-state index is 0.447. The zero-order valence-corrected chi connectivity index (χ0v) is 12.5. The summed E-state index contributed by atoms with van der Waals surface area (Å²) in [5.41, 5.74) is 3.86. The Morgan fingerprint density at radius 2 is 1.80 bits per heavy atom. The fraction of sp³-hybridized carbons (Fsp3) is 0.333. The molecule has 2 nitrogen and oxygen atoms in total. The highest BCUT2D eigenvalue weighted by Crippen LogP contribution is 2.19. The maximum atomic E-state index is 5.29. The van der Waals surface area contributed by atoms with E-state index >= 15 is 0 Å². The molecule has 0 bridgehead atoms. The molecular formula is C18H23NO. The summed E-state index contributed by atoms with van der Waals surface area (Å²) in [4.78, 5) is 0. The second kappa shape index (κ2) is 7.11. The van der Waals surface area contributed by atoms with E-state index in [1.165, 1.54) is 16.7 Å². The van der Waals surface area contributed by atoms with E-state index < -0.39 is 0 Å². The van der Waals surface area contributed by atoms with Gasteiger partial charge < -0.3 is 10.1 Å². The Balaban J connectivity index is 1.88.